The zero-order valence-electron chi connectivity index (χ0n) is 10.9. The number of carbonyl (C=O) groups is 1. The number of nitrogens with zero attached hydrogens (tertiary/aromatic N) is 1. The molecule has 2 aromatic carbocycles. The first kappa shape index (κ1) is 13.4. The van der Waals surface area contributed by atoms with E-state index in [2.05, 4.69) is 10.3 Å². The van der Waals surface area contributed by atoms with Crippen LogP contribution in [0.5, 0.6) is 0 Å². The Labute approximate surface area is 126 Å². The van der Waals surface area contributed by atoms with E-state index in [-0.39, 0.29) is 10.7 Å². The van der Waals surface area contributed by atoms with Gasteiger partial charge in [0.05, 0.1) is 5.56 Å². The molecule has 0 fully saturated rings. The second-order valence-corrected chi connectivity index (χ2v) is 4.91. The fourth-order valence-electron chi connectivity index (χ4n) is 2.16. The molecule has 104 valence electrons. The zero-order valence-corrected chi connectivity index (χ0v) is 11.6. The predicted octanol–water partition coefficient (Wildman–Crippen LogP) is 4.33. The molecule has 1 aromatic heterocycles. The number of hydrogen-bond acceptors (Lipinski definition) is 3. The van der Waals surface area contributed by atoms with Gasteiger partial charge in [-0.15, -0.1) is 0 Å². The molecule has 0 aliphatic carbocycles. The largest absolute Gasteiger partial charge is 0.478 e. The molecule has 0 saturated heterocycles. The third-order valence-corrected chi connectivity index (χ3v) is 3.29. The molecule has 0 unspecified atom stereocenters. The van der Waals surface area contributed by atoms with Crippen LogP contribution < -0.4 is 5.32 Å². The van der Waals surface area contributed by atoms with Crippen LogP contribution in [0.2, 0.25) is 5.15 Å². The van der Waals surface area contributed by atoms with Gasteiger partial charge in [0.15, 0.2) is 0 Å². The van der Waals surface area contributed by atoms with Crippen LogP contribution in [-0.2, 0) is 0 Å². The number of hydrogen-bond donors (Lipinski definition) is 2. The van der Waals surface area contributed by atoms with Crippen molar-refractivity contribution in [2.45, 2.75) is 0 Å². The Morgan fingerprint density at radius 3 is 2.67 bits per heavy atom. The van der Waals surface area contributed by atoms with Crippen LogP contribution in [0.1, 0.15) is 10.4 Å². The second-order valence-electron chi connectivity index (χ2n) is 4.52. The highest BCUT2D eigenvalue weighted by Gasteiger charge is 2.08. The van der Waals surface area contributed by atoms with Crippen LogP contribution in [-0.4, -0.2) is 16.1 Å². The number of halogens is 1. The van der Waals surface area contributed by atoms with E-state index in [1.807, 2.05) is 42.5 Å². The molecule has 0 amide bonds. The minimum absolute atomic E-state index is 0.0951. The summed E-state index contributed by atoms with van der Waals surface area (Å²) in [6.45, 7) is 0. The van der Waals surface area contributed by atoms with Crippen LogP contribution in [0, 0.1) is 0 Å². The van der Waals surface area contributed by atoms with Crippen LogP contribution >= 0.6 is 11.6 Å². The molecule has 3 aromatic rings. The van der Waals surface area contributed by atoms with E-state index < -0.39 is 5.97 Å². The topological polar surface area (TPSA) is 62.2 Å². The molecule has 3 rings (SSSR count). The van der Waals surface area contributed by atoms with Gasteiger partial charge in [-0.3, -0.25) is 0 Å². The van der Waals surface area contributed by atoms with Gasteiger partial charge in [-0.25, -0.2) is 9.78 Å². The highest BCUT2D eigenvalue weighted by atomic mass is 35.5. The Morgan fingerprint density at radius 2 is 1.86 bits per heavy atom. The van der Waals surface area contributed by atoms with Crippen molar-refractivity contribution in [3.05, 3.63) is 65.3 Å². The van der Waals surface area contributed by atoms with Crippen molar-refractivity contribution in [1.29, 1.82) is 0 Å². The van der Waals surface area contributed by atoms with E-state index in [4.69, 9.17) is 16.7 Å². The number of fused-ring (bicyclic) bond motifs is 1. The lowest BCUT2D eigenvalue weighted by molar-refractivity contribution is 0.0697. The SMILES string of the molecule is O=C(O)c1cc(Cl)nc(Nc2cccc3ccccc23)c1. The standard InChI is InChI=1S/C16H11ClN2O2/c17-14-8-11(16(20)21)9-15(19-14)18-13-7-3-5-10-4-1-2-6-12(10)13/h1-9H,(H,18,19)(H,20,21). The zero-order chi connectivity index (χ0) is 14.8. The third kappa shape index (κ3) is 2.80. The van der Waals surface area contributed by atoms with Gasteiger partial charge in [0.1, 0.15) is 11.0 Å². The number of carboxylic acids is 1. The average Bonchev–Trinajstić information content (AvgIpc) is 2.47. The first-order valence-corrected chi connectivity index (χ1v) is 6.67. The summed E-state index contributed by atoms with van der Waals surface area (Å²) >= 11 is 5.86. The van der Waals surface area contributed by atoms with Crippen molar-refractivity contribution >= 4 is 39.8 Å². The molecule has 0 spiro atoms. The van der Waals surface area contributed by atoms with Gasteiger partial charge in [-0.2, -0.15) is 0 Å². The van der Waals surface area contributed by atoms with E-state index in [9.17, 15) is 4.79 Å². The number of nitrogens with one attached hydrogen (secondary N) is 1. The Kier molecular flexibility index (Phi) is 3.46. The number of anilines is 2. The second kappa shape index (κ2) is 5.42. The van der Waals surface area contributed by atoms with E-state index >= 15 is 0 Å². The normalized spacial score (nSPS) is 10.5. The Hall–Kier alpha value is -2.59. The van der Waals surface area contributed by atoms with Crippen molar-refractivity contribution in [2.75, 3.05) is 5.32 Å². The van der Waals surface area contributed by atoms with Crippen molar-refractivity contribution in [3.8, 4) is 0 Å². The average molecular weight is 299 g/mol. The fourth-order valence-corrected chi connectivity index (χ4v) is 2.37. The molecule has 21 heavy (non-hydrogen) atoms. The summed E-state index contributed by atoms with van der Waals surface area (Å²) < 4.78 is 0. The van der Waals surface area contributed by atoms with Gasteiger partial charge in [-0.1, -0.05) is 48.0 Å². The van der Waals surface area contributed by atoms with E-state index in [1.54, 1.807) is 0 Å². The number of benzene rings is 2. The van der Waals surface area contributed by atoms with Gasteiger partial charge >= 0.3 is 5.97 Å². The molecule has 5 heteroatoms. The molecule has 0 atom stereocenters. The minimum Gasteiger partial charge on any atom is -0.478 e. The summed E-state index contributed by atoms with van der Waals surface area (Å²) in [6, 6.07) is 16.5. The number of aromatic nitrogens is 1. The maximum absolute atomic E-state index is 11.1. The highest BCUT2D eigenvalue weighted by Crippen LogP contribution is 2.26. The smallest absolute Gasteiger partial charge is 0.335 e. The molecule has 0 aliphatic heterocycles. The quantitative estimate of drug-likeness (QED) is 0.706. The predicted molar refractivity (Wildman–Crippen MR) is 83.4 cm³/mol. The van der Waals surface area contributed by atoms with Crippen molar-refractivity contribution in [3.63, 3.8) is 0 Å². The van der Waals surface area contributed by atoms with E-state index in [0.29, 0.717) is 5.82 Å². The van der Waals surface area contributed by atoms with Crippen LogP contribution in [0.3, 0.4) is 0 Å². The van der Waals surface area contributed by atoms with Gasteiger partial charge < -0.3 is 10.4 Å². The van der Waals surface area contributed by atoms with E-state index in [0.717, 1.165) is 16.5 Å². The molecule has 0 aliphatic rings. The minimum atomic E-state index is -1.04. The van der Waals surface area contributed by atoms with Gasteiger partial charge in [0.25, 0.3) is 0 Å². The number of rotatable bonds is 3. The third-order valence-electron chi connectivity index (χ3n) is 3.09. The number of pyridine rings is 1. The summed E-state index contributed by atoms with van der Waals surface area (Å²) in [6.07, 6.45) is 0. The summed E-state index contributed by atoms with van der Waals surface area (Å²) in [7, 11) is 0. The summed E-state index contributed by atoms with van der Waals surface area (Å²) in [4.78, 5) is 15.2. The number of aromatic carboxylic acids is 1. The maximum Gasteiger partial charge on any atom is 0.335 e. The number of carboxylic acid groups (broad SMARTS) is 1. The summed E-state index contributed by atoms with van der Waals surface area (Å²) in [5.74, 6) is -0.642. The van der Waals surface area contributed by atoms with Gasteiger partial charge in [0, 0.05) is 11.1 Å². The Balaban J connectivity index is 2.05. The Morgan fingerprint density at radius 1 is 1.10 bits per heavy atom. The van der Waals surface area contributed by atoms with Gasteiger partial charge in [-0.05, 0) is 23.6 Å². The maximum atomic E-state index is 11.1. The lowest BCUT2D eigenvalue weighted by Gasteiger charge is -2.10. The lowest BCUT2D eigenvalue weighted by atomic mass is 10.1. The summed E-state index contributed by atoms with van der Waals surface area (Å²) in [5.41, 5.74) is 0.942. The van der Waals surface area contributed by atoms with Crippen molar-refractivity contribution in [1.82, 2.24) is 4.98 Å². The first-order valence-electron chi connectivity index (χ1n) is 6.29. The molecule has 0 bridgehead atoms. The summed E-state index contributed by atoms with van der Waals surface area (Å²) in [5, 5.41) is 14.4. The Bertz CT molecular complexity index is 828. The van der Waals surface area contributed by atoms with Crippen molar-refractivity contribution < 1.29 is 9.90 Å². The van der Waals surface area contributed by atoms with Crippen molar-refractivity contribution in [2.24, 2.45) is 0 Å². The molecule has 1 heterocycles. The van der Waals surface area contributed by atoms with E-state index in [1.165, 1.54) is 12.1 Å². The lowest BCUT2D eigenvalue weighted by Crippen LogP contribution is -2.01. The van der Waals surface area contributed by atoms with Gasteiger partial charge in [0.2, 0.25) is 0 Å². The van der Waals surface area contributed by atoms with Crippen LogP contribution in [0.15, 0.2) is 54.6 Å². The molecule has 2 N–H and O–H groups in total. The first-order chi connectivity index (χ1) is 10.1. The molecule has 4 nitrogen and oxygen atoms in total. The van der Waals surface area contributed by atoms with Crippen LogP contribution in [0.4, 0.5) is 11.5 Å². The highest BCUT2D eigenvalue weighted by molar-refractivity contribution is 6.29. The molecular formula is C16H11ClN2O2. The molecular weight excluding hydrogens is 288 g/mol. The molecule has 0 radical (unpaired) electrons. The fraction of sp³-hybridized carbons (Fsp3) is 0. The molecule has 0 saturated carbocycles. The monoisotopic (exact) mass is 298 g/mol. The van der Waals surface area contributed by atoms with Crippen LogP contribution in [0.25, 0.3) is 10.8 Å².